The van der Waals surface area contributed by atoms with Crippen LogP contribution in [0.3, 0.4) is 0 Å². The first-order valence-electron chi connectivity index (χ1n) is 10.0. The van der Waals surface area contributed by atoms with Crippen LogP contribution < -0.4 is 14.3 Å². The van der Waals surface area contributed by atoms with Crippen molar-refractivity contribution in [1.29, 1.82) is 0 Å². The van der Waals surface area contributed by atoms with Gasteiger partial charge < -0.3 is 18.8 Å². The van der Waals surface area contributed by atoms with E-state index in [0.717, 1.165) is 15.8 Å². The van der Waals surface area contributed by atoms with E-state index in [0.29, 0.717) is 34.7 Å². The molecule has 1 heterocycles. The highest BCUT2D eigenvalue weighted by Gasteiger charge is 2.13. The number of amides is 1. The Labute approximate surface area is 190 Å². The Morgan fingerprint density at radius 1 is 1.10 bits per heavy atom. The number of aromatic nitrogens is 1. The maximum absolute atomic E-state index is 12.7. The number of fused-ring (bicyclic) bond motifs is 1. The topological polar surface area (TPSA) is 62.1 Å². The molecule has 3 rings (SSSR count). The first kappa shape index (κ1) is 23.4. The van der Waals surface area contributed by atoms with Gasteiger partial charge >= 0.3 is 0 Å². The molecule has 1 aromatic heterocycles. The molecule has 166 valence electrons. The lowest BCUT2D eigenvalue weighted by Crippen LogP contribution is -2.19. The lowest BCUT2D eigenvalue weighted by atomic mass is 10.1. The Balaban J connectivity index is 1.92. The van der Waals surface area contributed by atoms with Gasteiger partial charge in [-0.05, 0) is 17.7 Å². The molecular formula is C23H28N2O4S2. The number of nitrogens with zero attached hydrogens (tertiary/aromatic N) is 2. The minimum Gasteiger partial charge on any atom is -0.493 e. The summed E-state index contributed by atoms with van der Waals surface area (Å²) in [6.07, 6.45) is 0.262. The maximum atomic E-state index is 12.7. The number of benzene rings is 2. The molecule has 0 aliphatic carbocycles. The molecule has 0 atom stereocenters. The fourth-order valence-electron chi connectivity index (χ4n) is 3.16. The number of hydrogen-bond donors (Lipinski definition) is 0. The van der Waals surface area contributed by atoms with Crippen molar-refractivity contribution in [3.63, 3.8) is 0 Å². The number of carbonyl (C=O) groups is 1. The molecule has 0 radical (unpaired) electrons. The Hall–Kier alpha value is -2.29. The molecule has 0 fully saturated rings. The Morgan fingerprint density at radius 3 is 2.39 bits per heavy atom. The molecule has 0 aliphatic heterocycles. The van der Waals surface area contributed by atoms with Crippen LogP contribution in [0.15, 0.2) is 46.3 Å². The summed E-state index contributed by atoms with van der Waals surface area (Å²) in [7, 11) is 4.87. The molecule has 0 spiro atoms. The highest BCUT2D eigenvalue weighted by atomic mass is 32.2. The minimum absolute atomic E-state index is 0.180. The highest BCUT2D eigenvalue weighted by Crippen LogP contribution is 2.33. The molecule has 0 aliphatic rings. The van der Waals surface area contributed by atoms with Crippen LogP contribution in [-0.2, 0) is 22.5 Å². The number of methoxy groups -OCH3 is 3. The third-order valence-corrected chi connectivity index (χ3v) is 6.63. The second-order valence-electron chi connectivity index (χ2n) is 7.20. The highest BCUT2D eigenvalue weighted by molar-refractivity contribution is 7.99. The van der Waals surface area contributed by atoms with Crippen LogP contribution in [0.1, 0.15) is 19.4 Å². The molecule has 6 nitrogen and oxygen atoms in total. The number of rotatable bonds is 9. The van der Waals surface area contributed by atoms with Crippen molar-refractivity contribution < 1.29 is 19.0 Å². The first-order chi connectivity index (χ1) is 14.9. The number of thiazole rings is 1. The Bertz CT molecular complexity index is 1100. The van der Waals surface area contributed by atoms with Crippen LogP contribution in [0.25, 0.3) is 10.2 Å². The Kier molecular flexibility index (Phi) is 8.17. The smallest absolute Gasteiger partial charge is 0.252 e. The summed E-state index contributed by atoms with van der Waals surface area (Å²) in [4.78, 5) is 19.0. The monoisotopic (exact) mass is 460 g/mol. The number of carbonyl (C=O) groups excluding carboxylic acids is 1. The van der Waals surface area contributed by atoms with Gasteiger partial charge in [0.2, 0.25) is 0 Å². The molecule has 0 saturated heterocycles. The maximum Gasteiger partial charge on any atom is 0.252 e. The predicted molar refractivity (Wildman–Crippen MR) is 127 cm³/mol. The van der Waals surface area contributed by atoms with Gasteiger partial charge in [-0.3, -0.25) is 4.79 Å². The standard InChI is InChI=1S/C23H28N2O4S2/c1-15(2)30-17-8-6-16(7-9-17)12-22(26)24-23-25(10-11-27-3)18-13-19(28-4)20(29-5)14-21(18)31-23/h6-9,13-15H,10-12H2,1-5H3. The van der Waals surface area contributed by atoms with Crippen molar-refractivity contribution in [2.75, 3.05) is 27.9 Å². The molecule has 0 N–H and O–H groups in total. The van der Waals surface area contributed by atoms with E-state index in [1.54, 1.807) is 33.1 Å². The fraction of sp³-hybridized carbons (Fsp3) is 0.391. The summed E-state index contributed by atoms with van der Waals surface area (Å²) >= 11 is 3.26. The van der Waals surface area contributed by atoms with E-state index in [1.165, 1.54) is 16.2 Å². The zero-order chi connectivity index (χ0) is 22.4. The molecule has 31 heavy (non-hydrogen) atoms. The van der Waals surface area contributed by atoms with Crippen molar-refractivity contribution in [1.82, 2.24) is 4.57 Å². The van der Waals surface area contributed by atoms with Crippen LogP contribution in [0.2, 0.25) is 0 Å². The fourth-order valence-corrected chi connectivity index (χ4v) is 5.08. The van der Waals surface area contributed by atoms with Gasteiger partial charge in [0.05, 0.1) is 37.5 Å². The van der Waals surface area contributed by atoms with E-state index in [4.69, 9.17) is 14.2 Å². The van der Waals surface area contributed by atoms with Gasteiger partial charge in [-0.2, -0.15) is 4.99 Å². The van der Waals surface area contributed by atoms with E-state index in [9.17, 15) is 4.79 Å². The van der Waals surface area contributed by atoms with E-state index in [1.807, 2.05) is 28.8 Å². The Morgan fingerprint density at radius 2 is 1.77 bits per heavy atom. The van der Waals surface area contributed by atoms with Gasteiger partial charge in [0.1, 0.15) is 0 Å². The molecule has 2 aromatic carbocycles. The molecule has 0 unspecified atom stereocenters. The summed E-state index contributed by atoms with van der Waals surface area (Å²) in [6.45, 7) is 5.42. The van der Waals surface area contributed by atoms with Crippen molar-refractivity contribution in [2.45, 2.75) is 37.0 Å². The van der Waals surface area contributed by atoms with Crippen molar-refractivity contribution in [2.24, 2.45) is 4.99 Å². The molecule has 1 amide bonds. The van der Waals surface area contributed by atoms with E-state index in [-0.39, 0.29) is 12.3 Å². The zero-order valence-electron chi connectivity index (χ0n) is 18.5. The summed E-state index contributed by atoms with van der Waals surface area (Å²) < 4.78 is 19.1. The van der Waals surface area contributed by atoms with Crippen LogP contribution in [0, 0.1) is 0 Å². The van der Waals surface area contributed by atoms with Crippen LogP contribution >= 0.6 is 23.1 Å². The van der Waals surface area contributed by atoms with Gasteiger partial charge in [-0.1, -0.05) is 37.3 Å². The van der Waals surface area contributed by atoms with Gasteiger partial charge in [0, 0.05) is 35.9 Å². The second kappa shape index (κ2) is 10.8. The summed E-state index contributed by atoms with van der Waals surface area (Å²) in [5.74, 6) is 1.10. The van der Waals surface area contributed by atoms with Gasteiger partial charge in [0.15, 0.2) is 16.3 Å². The van der Waals surface area contributed by atoms with E-state index in [2.05, 4.69) is 31.0 Å². The van der Waals surface area contributed by atoms with Crippen LogP contribution in [0.5, 0.6) is 11.5 Å². The van der Waals surface area contributed by atoms with Gasteiger partial charge in [-0.15, -0.1) is 11.8 Å². The average molecular weight is 461 g/mol. The number of ether oxygens (including phenoxy) is 3. The van der Waals surface area contributed by atoms with Gasteiger partial charge in [-0.25, -0.2) is 0 Å². The average Bonchev–Trinajstić information content (AvgIpc) is 3.07. The third kappa shape index (κ3) is 5.90. The summed E-state index contributed by atoms with van der Waals surface area (Å²) in [5, 5.41) is 0.523. The zero-order valence-corrected chi connectivity index (χ0v) is 20.1. The first-order valence-corrected chi connectivity index (χ1v) is 11.7. The molecule has 0 saturated carbocycles. The lowest BCUT2D eigenvalue weighted by Gasteiger charge is -2.09. The van der Waals surface area contributed by atoms with E-state index < -0.39 is 0 Å². The third-order valence-electron chi connectivity index (χ3n) is 4.58. The molecule has 0 bridgehead atoms. The minimum atomic E-state index is -0.180. The van der Waals surface area contributed by atoms with Crippen molar-refractivity contribution >= 4 is 39.2 Å². The molecule has 3 aromatic rings. The molecule has 8 heteroatoms. The molecular weight excluding hydrogens is 432 g/mol. The second-order valence-corrected chi connectivity index (χ2v) is 9.86. The summed E-state index contributed by atoms with van der Waals surface area (Å²) in [6, 6.07) is 11.9. The quantitative estimate of drug-likeness (QED) is 0.439. The van der Waals surface area contributed by atoms with Crippen molar-refractivity contribution in [3.05, 3.63) is 46.8 Å². The van der Waals surface area contributed by atoms with E-state index >= 15 is 0 Å². The lowest BCUT2D eigenvalue weighted by molar-refractivity contribution is -0.117. The predicted octanol–water partition coefficient (Wildman–Crippen LogP) is 4.54. The number of thioether (sulfide) groups is 1. The summed E-state index contributed by atoms with van der Waals surface area (Å²) in [5.41, 5.74) is 1.89. The van der Waals surface area contributed by atoms with Crippen molar-refractivity contribution in [3.8, 4) is 11.5 Å². The largest absolute Gasteiger partial charge is 0.493 e. The van der Waals surface area contributed by atoms with Gasteiger partial charge in [0.25, 0.3) is 5.91 Å². The van der Waals surface area contributed by atoms with Crippen LogP contribution in [0.4, 0.5) is 0 Å². The van der Waals surface area contributed by atoms with Crippen LogP contribution in [-0.4, -0.2) is 43.7 Å². The SMILES string of the molecule is COCCn1c(=NC(=O)Cc2ccc(SC(C)C)cc2)sc2cc(OC)c(OC)cc21. The normalized spacial score (nSPS) is 12.0. The number of hydrogen-bond acceptors (Lipinski definition) is 6.